The summed E-state index contributed by atoms with van der Waals surface area (Å²) in [6, 6.07) is 45.4. The van der Waals surface area contributed by atoms with Crippen molar-refractivity contribution in [2.24, 2.45) is 0 Å². The monoisotopic (exact) mass is 635 g/mol. The third-order valence-corrected chi connectivity index (χ3v) is 10.00. The number of methoxy groups -OCH3 is 1. The Hall–Kier alpha value is -6.07. The van der Waals surface area contributed by atoms with E-state index in [1.807, 2.05) is 84.9 Å². The van der Waals surface area contributed by atoms with Gasteiger partial charge in [0, 0.05) is 33.1 Å². The molecule has 5 nitrogen and oxygen atoms in total. The van der Waals surface area contributed by atoms with E-state index in [4.69, 9.17) is 24.4 Å². The molecule has 1 aliphatic carbocycles. The maximum absolute atomic E-state index is 7.50. The van der Waals surface area contributed by atoms with E-state index in [2.05, 4.69) is 74.5 Å². The number of benzene rings is 6. The van der Waals surface area contributed by atoms with Crippen molar-refractivity contribution in [3.05, 3.63) is 168 Å². The molecule has 236 valence electrons. The zero-order valence-corrected chi connectivity index (χ0v) is 27.5. The van der Waals surface area contributed by atoms with E-state index in [1.165, 1.54) is 27.6 Å². The van der Waals surface area contributed by atoms with Gasteiger partial charge in [0.1, 0.15) is 11.5 Å². The first-order valence-electron chi connectivity index (χ1n) is 16.6. The molecule has 0 saturated heterocycles. The molecular formula is C44H33N3O2. The summed E-state index contributed by atoms with van der Waals surface area (Å²) < 4.78 is 13.1. The first kappa shape index (κ1) is 29.1. The SMILES string of the molecule is COc1ccc(C2(c3nc(-c4ccccc4)nc(-c4ccccc4)n3)C=Cc3c4c(c5ccccc5c3O2)-c2ccccc2C4(C)C)cc1. The zero-order valence-electron chi connectivity index (χ0n) is 27.5. The van der Waals surface area contributed by atoms with Crippen molar-refractivity contribution in [2.75, 3.05) is 7.11 Å². The van der Waals surface area contributed by atoms with Gasteiger partial charge in [-0.1, -0.05) is 141 Å². The predicted octanol–water partition coefficient (Wildman–Crippen LogP) is 10.0. The molecule has 0 radical (unpaired) electrons. The lowest BCUT2D eigenvalue weighted by molar-refractivity contribution is 0.152. The number of nitrogens with zero attached hydrogens (tertiary/aromatic N) is 3. The van der Waals surface area contributed by atoms with Crippen LogP contribution in [0.1, 0.15) is 41.9 Å². The molecule has 0 saturated carbocycles. The fourth-order valence-corrected chi connectivity index (χ4v) is 7.62. The molecule has 5 heteroatoms. The molecule has 6 aromatic carbocycles. The highest BCUT2D eigenvalue weighted by Gasteiger charge is 2.46. The van der Waals surface area contributed by atoms with Gasteiger partial charge in [-0.15, -0.1) is 0 Å². The van der Waals surface area contributed by atoms with Crippen LogP contribution >= 0.6 is 0 Å². The normalized spacial score (nSPS) is 16.8. The van der Waals surface area contributed by atoms with E-state index in [9.17, 15) is 0 Å². The van der Waals surface area contributed by atoms with Crippen molar-refractivity contribution >= 4 is 16.8 Å². The number of rotatable bonds is 5. The van der Waals surface area contributed by atoms with Crippen molar-refractivity contribution in [3.63, 3.8) is 0 Å². The van der Waals surface area contributed by atoms with E-state index in [-0.39, 0.29) is 5.41 Å². The molecule has 2 aliphatic rings. The number of aromatic nitrogens is 3. The number of hydrogen-bond donors (Lipinski definition) is 0. The van der Waals surface area contributed by atoms with E-state index < -0.39 is 5.60 Å². The smallest absolute Gasteiger partial charge is 0.212 e. The van der Waals surface area contributed by atoms with Crippen molar-refractivity contribution in [1.29, 1.82) is 0 Å². The van der Waals surface area contributed by atoms with Gasteiger partial charge in [-0.05, 0) is 45.8 Å². The minimum atomic E-state index is -1.18. The number of hydrogen-bond acceptors (Lipinski definition) is 5. The van der Waals surface area contributed by atoms with Gasteiger partial charge in [0.2, 0.25) is 5.60 Å². The fraction of sp³-hybridized carbons (Fsp3) is 0.114. The molecule has 0 amide bonds. The lowest BCUT2D eigenvalue weighted by atomic mass is 9.77. The molecule has 0 spiro atoms. The maximum atomic E-state index is 7.50. The molecule has 9 rings (SSSR count). The first-order valence-corrected chi connectivity index (χ1v) is 16.6. The average molecular weight is 636 g/mol. The largest absolute Gasteiger partial charge is 0.497 e. The Morgan fingerprint density at radius 2 is 1.20 bits per heavy atom. The summed E-state index contributed by atoms with van der Waals surface area (Å²) in [6.45, 7) is 4.63. The average Bonchev–Trinajstić information content (AvgIpc) is 3.42. The lowest BCUT2D eigenvalue weighted by Gasteiger charge is -2.37. The topological polar surface area (TPSA) is 57.1 Å². The third kappa shape index (κ3) is 4.42. The molecule has 0 fully saturated rings. The summed E-state index contributed by atoms with van der Waals surface area (Å²) in [6.07, 6.45) is 4.36. The van der Waals surface area contributed by atoms with Gasteiger partial charge in [-0.3, -0.25) is 0 Å². The minimum Gasteiger partial charge on any atom is -0.497 e. The Bertz CT molecular complexity index is 2360. The van der Waals surface area contributed by atoms with E-state index in [0.717, 1.165) is 39.1 Å². The van der Waals surface area contributed by atoms with Crippen LogP contribution in [0.2, 0.25) is 0 Å². The highest BCUT2D eigenvalue weighted by Crippen LogP contribution is 2.57. The minimum absolute atomic E-state index is 0.234. The number of fused-ring (bicyclic) bond motifs is 8. The van der Waals surface area contributed by atoms with E-state index >= 15 is 0 Å². The van der Waals surface area contributed by atoms with Gasteiger partial charge >= 0.3 is 0 Å². The summed E-state index contributed by atoms with van der Waals surface area (Å²) in [7, 11) is 1.68. The molecule has 0 bridgehead atoms. The molecule has 1 unspecified atom stereocenters. The molecule has 1 atom stereocenters. The highest BCUT2D eigenvalue weighted by atomic mass is 16.5. The van der Waals surface area contributed by atoms with Gasteiger partial charge < -0.3 is 9.47 Å². The highest BCUT2D eigenvalue weighted by molar-refractivity contribution is 6.08. The Morgan fingerprint density at radius 3 is 1.86 bits per heavy atom. The quantitative estimate of drug-likeness (QED) is 0.188. The van der Waals surface area contributed by atoms with Crippen LogP contribution in [0.25, 0.3) is 50.8 Å². The van der Waals surface area contributed by atoms with E-state index in [1.54, 1.807) is 7.11 Å². The molecule has 1 aliphatic heterocycles. The molecular weight excluding hydrogens is 603 g/mol. The lowest BCUT2D eigenvalue weighted by Crippen LogP contribution is -2.37. The summed E-state index contributed by atoms with van der Waals surface area (Å²) in [5.41, 5.74) is 7.49. The first-order chi connectivity index (χ1) is 24.0. The Balaban J connectivity index is 1.35. The molecule has 1 aromatic heterocycles. The number of ether oxygens (including phenoxy) is 2. The Morgan fingerprint density at radius 1 is 0.612 bits per heavy atom. The summed E-state index contributed by atoms with van der Waals surface area (Å²) in [5, 5.41) is 2.21. The van der Waals surface area contributed by atoms with Gasteiger partial charge in [0.05, 0.1) is 7.11 Å². The van der Waals surface area contributed by atoms with Gasteiger partial charge in [0.15, 0.2) is 17.5 Å². The van der Waals surface area contributed by atoms with Crippen LogP contribution in [0.4, 0.5) is 0 Å². The van der Waals surface area contributed by atoms with Crippen LogP contribution in [0.3, 0.4) is 0 Å². The molecule has 0 N–H and O–H groups in total. The van der Waals surface area contributed by atoms with Crippen LogP contribution in [-0.2, 0) is 11.0 Å². The van der Waals surface area contributed by atoms with Crippen LogP contribution in [0.5, 0.6) is 11.5 Å². The molecule has 2 heterocycles. The molecule has 7 aromatic rings. The van der Waals surface area contributed by atoms with Crippen LogP contribution in [-0.4, -0.2) is 22.1 Å². The van der Waals surface area contributed by atoms with Crippen molar-refractivity contribution in [1.82, 2.24) is 15.0 Å². The van der Waals surface area contributed by atoms with Crippen molar-refractivity contribution in [3.8, 4) is 45.4 Å². The Labute approximate surface area is 285 Å². The maximum Gasteiger partial charge on any atom is 0.212 e. The summed E-state index contributed by atoms with van der Waals surface area (Å²) in [4.78, 5) is 15.4. The second-order valence-electron chi connectivity index (χ2n) is 13.1. The van der Waals surface area contributed by atoms with Crippen molar-refractivity contribution in [2.45, 2.75) is 24.9 Å². The zero-order chi connectivity index (χ0) is 33.2. The second kappa shape index (κ2) is 11.0. The fourth-order valence-electron chi connectivity index (χ4n) is 7.62. The molecule has 49 heavy (non-hydrogen) atoms. The van der Waals surface area contributed by atoms with Crippen LogP contribution in [0.15, 0.2) is 140 Å². The predicted molar refractivity (Wildman–Crippen MR) is 196 cm³/mol. The summed E-state index contributed by atoms with van der Waals surface area (Å²) in [5.74, 6) is 3.23. The van der Waals surface area contributed by atoms with Crippen LogP contribution < -0.4 is 9.47 Å². The standard InChI is InChI=1S/C44H33N3O2/c1-43(2)36-21-13-12-20-34(36)37-32-18-10-11-19-33(32)39-35(38(37)43)26-27-44(49-39,30-22-24-31(48-3)25-23-30)42-46-40(28-14-6-4-7-15-28)45-41(47-42)29-16-8-5-9-17-29/h4-27H,1-3H3. The van der Waals surface area contributed by atoms with Crippen LogP contribution in [0, 0.1) is 0 Å². The van der Waals surface area contributed by atoms with Gasteiger partial charge in [-0.25, -0.2) is 15.0 Å². The Kier molecular flexibility index (Phi) is 6.53. The third-order valence-electron chi connectivity index (χ3n) is 10.00. The van der Waals surface area contributed by atoms with Gasteiger partial charge in [-0.2, -0.15) is 0 Å². The van der Waals surface area contributed by atoms with Gasteiger partial charge in [0.25, 0.3) is 0 Å². The summed E-state index contributed by atoms with van der Waals surface area (Å²) >= 11 is 0. The van der Waals surface area contributed by atoms with E-state index in [0.29, 0.717) is 17.5 Å². The van der Waals surface area contributed by atoms with Crippen molar-refractivity contribution < 1.29 is 9.47 Å². The second-order valence-corrected chi connectivity index (χ2v) is 13.1.